The van der Waals surface area contributed by atoms with E-state index in [0.717, 1.165) is 10.3 Å². The van der Waals surface area contributed by atoms with Crippen LogP contribution in [0.3, 0.4) is 0 Å². The number of aliphatic hydroxyl groups excluding tert-OH is 1. The first-order valence-electron chi connectivity index (χ1n) is 4.85. The Morgan fingerprint density at radius 1 is 1.60 bits per heavy atom. The Labute approximate surface area is 96.1 Å². The fourth-order valence-electron chi connectivity index (χ4n) is 1.67. The quantitative estimate of drug-likeness (QED) is 0.848. The van der Waals surface area contributed by atoms with Crippen LogP contribution in [-0.2, 0) is 0 Å². The lowest BCUT2D eigenvalue weighted by molar-refractivity contribution is 0.0614. The zero-order valence-electron chi connectivity index (χ0n) is 8.11. The van der Waals surface area contributed by atoms with Crippen molar-refractivity contribution in [3.05, 3.63) is 22.8 Å². The molecular formula is C10H12BrFN2O. The van der Waals surface area contributed by atoms with E-state index in [1.165, 1.54) is 0 Å². The van der Waals surface area contributed by atoms with Crippen molar-refractivity contribution in [1.29, 1.82) is 0 Å². The molecule has 3 nitrogen and oxygen atoms in total. The highest BCUT2D eigenvalue weighted by molar-refractivity contribution is 9.10. The van der Waals surface area contributed by atoms with Gasteiger partial charge < -0.3 is 10.0 Å². The van der Waals surface area contributed by atoms with Gasteiger partial charge in [-0.1, -0.05) is 15.9 Å². The zero-order chi connectivity index (χ0) is 10.8. The molecule has 5 heteroatoms. The maximum Gasteiger partial charge on any atom is 0.143 e. The van der Waals surface area contributed by atoms with Crippen LogP contribution in [-0.4, -0.2) is 35.5 Å². The number of anilines is 1. The minimum atomic E-state index is -1.18. The monoisotopic (exact) mass is 274 g/mol. The van der Waals surface area contributed by atoms with Crippen LogP contribution in [0, 0.1) is 0 Å². The number of hydrogen-bond acceptors (Lipinski definition) is 3. The van der Waals surface area contributed by atoms with Gasteiger partial charge in [-0.2, -0.15) is 0 Å². The summed E-state index contributed by atoms with van der Waals surface area (Å²) in [4.78, 5) is 6.02. The Hall–Kier alpha value is -0.680. The molecule has 0 amide bonds. The molecule has 0 bridgehead atoms. The van der Waals surface area contributed by atoms with Crippen LogP contribution in [0.5, 0.6) is 0 Å². The number of rotatable bonds is 1. The molecule has 0 aromatic carbocycles. The Morgan fingerprint density at radius 3 is 3.07 bits per heavy atom. The first kappa shape index (κ1) is 10.8. The number of pyridine rings is 1. The zero-order valence-corrected chi connectivity index (χ0v) is 9.69. The highest BCUT2D eigenvalue weighted by Gasteiger charge is 2.27. The van der Waals surface area contributed by atoms with Crippen molar-refractivity contribution in [3.8, 4) is 0 Å². The lowest BCUT2D eigenvalue weighted by atomic mass is 10.1. The Balaban J connectivity index is 2.12. The van der Waals surface area contributed by atoms with Gasteiger partial charge in [0.25, 0.3) is 0 Å². The van der Waals surface area contributed by atoms with Crippen LogP contribution >= 0.6 is 15.9 Å². The van der Waals surface area contributed by atoms with E-state index < -0.39 is 12.3 Å². The molecule has 1 aromatic heterocycles. The molecule has 0 radical (unpaired) electrons. The van der Waals surface area contributed by atoms with Gasteiger partial charge in [0.2, 0.25) is 0 Å². The topological polar surface area (TPSA) is 36.4 Å². The number of aliphatic hydroxyl groups is 1. The van der Waals surface area contributed by atoms with E-state index in [1.54, 1.807) is 6.20 Å². The Bertz CT molecular complexity index is 350. The molecule has 2 heterocycles. The van der Waals surface area contributed by atoms with Gasteiger partial charge in [-0.25, -0.2) is 9.37 Å². The number of halogens is 2. The van der Waals surface area contributed by atoms with Crippen LogP contribution in [0.15, 0.2) is 22.8 Å². The van der Waals surface area contributed by atoms with E-state index >= 15 is 0 Å². The van der Waals surface area contributed by atoms with Crippen LogP contribution in [0.1, 0.15) is 6.42 Å². The summed E-state index contributed by atoms with van der Waals surface area (Å²) < 4.78 is 14.2. The molecule has 1 N–H and O–H groups in total. The molecule has 0 aliphatic carbocycles. The summed E-state index contributed by atoms with van der Waals surface area (Å²) in [6.45, 7) is 0.857. The summed E-state index contributed by atoms with van der Waals surface area (Å²) in [7, 11) is 0. The van der Waals surface area contributed by atoms with Gasteiger partial charge in [-0.15, -0.1) is 0 Å². The summed E-state index contributed by atoms with van der Waals surface area (Å²) in [5.74, 6) is 0.749. The van der Waals surface area contributed by atoms with E-state index in [4.69, 9.17) is 0 Å². The number of hydrogen-bond donors (Lipinski definition) is 1. The standard InChI is InChI=1S/C10H12BrFN2O/c11-7-1-3-13-10(5-7)14-4-2-9(15)8(12)6-14/h1,3,5,8-9,15H,2,4,6H2/t8-,9+/m0/s1. The van der Waals surface area contributed by atoms with Crippen LogP contribution in [0.25, 0.3) is 0 Å². The van der Waals surface area contributed by atoms with E-state index in [1.807, 2.05) is 17.0 Å². The van der Waals surface area contributed by atoms with Crippen LogP contribution in [0.4, 0.5) is 10.2 Å². The normalized spacial score (nSPS) is 26.7. The largest absolute Gasteiger partial charge is 0.390 e. The van der Waals surface area contributed by atoms with Crippen molar-refractivity contribution in [2.75, 3.05) is 18.0 Å². The highest BCUT2D eigenvalue weighted by Crippen LogP contribution is 2.22. The molecule has 15 heavy (non-hydrogen) atoms. The Morgan fingerprint density at radius 2 is 2.40 bits per heavy atom. The predicted octanol–water partition coefficient (Wildman–Crippen LogP) is 1.75. The van der Waals surface area contributed by atoms with Gasteiger partial charge >= 0.3 is 0 Å². The summed E-state index contributed by atoms with van der Waals surface area (Å²) in [5, 5.41) is 9.27. The molecule has 1 aliphatic rings. The van der Waals surface area contributed by atoms with Crippen molar-refractivity contribution >= 4 is 21.7 Å². The third-order valence-electron chi connectivity index (χ3n) is 2.54. The van der Waals surface area contributed by atoms with Gasteiger partial charge in [-0.05, 0) is 18.6 Å². The van der Waals surface area contributed by atoms with Crippen LogP contribution < -0.4 is 4.90 Å². The molecule has 0 spiro atoms. The van der Waals surface area contributed by atoms with E-state index in [9.17, 15) is 9.50 Å². The smallest absolute Gasteiger partial charge is 0.143 e. The third kappa shape index (κ3) is 2.46. The second-order valence-corrected chi connectivity index (χ2v) is 4.57. The van der Waals surface area contributed by atoms with Gasteiger partial charge in [0.15, 0.2) is 0 Å². The fraction of sp³-hybridized carbons (Fsp3) is 0.500. The predicted molar refractivity (Wildman–Crippen MR) is 59.7 cm³/mol. The number of nitrogens with zero attached hydrogens (tertiary/aromatic N) is 2. The van der Waals surface area contributed by atoms with Crippen molar-refractivity contribution in [3.63, 3.8) is 0 Å². The average molecular weight is 275 g/mol. The molecule has 2 rings (SSSR count). The molecular weight excluding hydrogens is 263 g/mol. The minimum absolute atomic E-state index is 0.213. The Kier molecular flexibility index (Phi) is 3.21. The lowest BCUT2D eigenvalue weighted by Crippen LogP contribution is -2.44. The molecule has 2 atom stereocenters. The number of alkyl halides is 1. The molecule has 1 fully saturated rings. The van der Waals surface area contributed by atoms with Gasteiger partial charge in [0.1, 0.15) is 12.0 Å². The fourth-order valence-corrected chi connectivity index (χ4v) is 1.99. The molecule has 1 aromatic rings. The molecule has 82 valence electrons. The minimum Gasteiger partial charge on any atom is -0.390 e. The first-order valence-corrected chi connectivity index (χ1v) is 5.65. The van der Waals surface area contributed by atoms with Crippen molar-refractivity contribution < 1.29 is 9.50 Å². The number of aromatic nitrogens is 1. The van der Waals surface area contributed by atoms with E-state index in [2.05, 4.69) is 20.9 Å². The van der Waals surface area contributed by atoms with Crippen LogP contribution in [0.2, 0.25) is 0 Å². The average Bonchev–Trinajstić information content (AvgIpc) is 2.22. The molecule has 0 saturated carbocycles. The van der Waals surface area contributed by atoms with Gasteiger partial charge in [0.05, 0.1) is 12.6 Å². The second-order valence-electron chi connectivity index (χ2n) is 3.65. The van der Waals surface area contributed by atoms with E-state index in [0.29, 0.717) is 13.0 Å². The first-order chi connectivity index (χ1) is 7.16. The SMILES string of the molecule is O[C@@H]1CCN(c2cc(Br)ccn2)C[C@@H]1F. The summed E-state index contributed by atoms with van der Waals surface area (Å²) >= 11 is 3.35. The van der Waals surface area contributed by atoms with Gasteiger partial charge in [0, 0.05) is 17.2 Å². The van der Waals surface area contributed by atoms with E-state index in [-0.39, 0.29) is 6.54 Å². The summed E-state index contributed by atoms with van der Waals surface area (Å²) in [6, 6.07) is 3.68. The van der Waals surface area contributed by atoms with Crippen molar-refractivity contribution in [2.45, 2.75) is 18.7 Å². The lowest BCUT2D eigenvalue weighted by Gasteiger charge is -2.33. The number of piperidine rings is 1. The molecule has 1 saturated heterocycles. The maximum atomic E-state index is 13.3. The molecule has 0 unspecified atom stereocenters. The van der Waals surface area contributed by atoms with Crippen molar-refractivity contribution in [2.24, 2.45) is 0 Å². The molecule has 1 aliphatic heterocycles. The third-order valence-corrected chi connectivity index (χ3v) is 3.03. The summed E-state index contributed by atoms with van der Waals surface area (Å²) in [6.07, 6.45) is 0.125. The maximum absolute atomic E-state index is 13.3. The van der Waals surface area contributed by atoms with Gasteiger partial charge in [-0.3, -0.25) is 0 Å². The second kappa shape index (κ2) is 4.45. The van der Waals surface area contributed by atoms with Crippen molar-refractivity contribution in [1.82, 2.24) is 4.98 Å². The summed E-state index contributed by atoms with van der Waals surface area (Å²) in [5.41, 5.74) is 0. The highest BCUT2D eigenvalue weighted by atomic mass is 79.9.